The highest BCUT2D eigenvalue weighted by atomic mass is 16.2. The van der Waals surface area contributed by atoms with E-state index >= 15 is 0 Å². The van der Waals surface area contributed by atoms with Gasteiger partial charge in [-0.05, 0) is 30.5 Å². The van der Waals surface area contributed by atoms with Gasteiger partial charge in [0.2, 0.25) is 0 Å². The number of hydrogen-bond donors (Lipinski definition) is 0. The lowest BCUT2D eigenvalue weighted by Crippen LogP contribution is -2.52. The Morgan fingerprint density at radius 1 is 0.792 bits per heavy atom. The van der Waals surface area contributed by atoms with Crippen molar-refractivity contribution >= 4 is 17.1 Å². The molecule has 124 valence electrons. The van der Waals surface area contributed by atoms with Crippen LogP contribution in [0.4, 0.5) is 0 Å². The number of ketones is 2. The van der Waals surface area contributed by atoms with Crippen LogP contribution in [0.3, 0.4) is 0 Å². The van der Waals surface area contributed by atoms with Gasteiger partial charge in [-0.25, -0.2) is 0 Å². The van der Waals surface area contributed by atoms with Crippen molar-refractivity contribution in [3.63, 3.8) is 0 Å². The minimum Gasteiger partial charge on any atom is -0.298 e. The summed E-state index contributed by atoms with van der Waals surface area (Å²) >= 11 is 0. The third-order valence-corrected chi connectivity index (χ3v) is 5.06. The summed E-state index contributed by atoms with van der Waals surface area (Å²) in [5.41, 5.74) is 0.269. The van der Waals surface area contributed by atoms with Gasteiger partial charge in [0.05, 0.1) is 0 Å². The molecule has 0 aliphatic carbocycles. The maximum Gasteiger partial charge on any atom is 0.148 e. The number of carbonyl (C=O) groups excluding carboxylic acids is 2. The maximum absolute atomic E-state index is 12.9. The van der Waals surface area contributed by atoms with E-state index in [-0.39, 0.29) is 11.6 Å². The summed E-state index contributed by atoms with van der Waals surface area (Å²) in [6.07, 6.45) is 0. The standard InChI is InChI=1S/C22H24O2/c1-16(19-12-8-6-9-13-19)22(17(2)23,18(3)24)21(4,5)20-14-10-7-11-15-20/h6-15H,1H2,2-5H3. The molecule has 0 radical (unpaired) electrons. The quantitative estimate of drug-likeness (QED) is 0.714. The van der Waals surface area contributed by atoms with Gasteiger partial charge < -0.3 is 0 Å². The molecule has 2 nitrogen and oxygen atoms in total. The van der Waals surface area contributed by atoms with E-state index in [2.05, 4.69) is 6.58 Å². The third-order valence-electron chi connectivity index (χ3n) is 5.06. The predicted octanol–water partition coefficient (Wildman–Crippen LogP) is 4.84. The minimum atomic E-state index is -1.31. The van der Waals surface area contributed by atoms with E-state index in [1.807, 2.05) is 74.5 Å². The second kappa shape index (κ2) is 6.56. The largest absolute Gasteiger partial charge is 0.298 e. The topological polar surface area (TPSA) is 34.1 Å². The van der Waals surface area contributed by atoms with Gasteiger partial charge in [-0.2, -0.15) is 0 Å². The van der Waals surface area contributed by atoms with Gasteiger partial charge in [0, 0.05) is 5.41 Å². The number of rotatable bonds is 6. The predicted molar refractivity (Wildman–Crippen MR) is 98.7 cm³/mol. The van der Waals surface area contributed by atoms with E-state index in [9.17, 15) is 9.59 Å². The van der Waals surface area contributed by atoms with Crippen LogP contribution in [0.5, 0.6) is 0 Å². The lowest BCUT2D eigenvalue weighted by Gasteiger charge is -2.45. The van der Waals surface area contributed by atoms with Crippen LogP contribution in [0.25, 0.3) is 5.57 Å². The van der Waals surface area contributed by atoms with Gasteiger partial charge in [0.1, 0.15) is 17.0 Å². The van der Waals surface area contributed by atoms with E-state index in [0.29, 0.717) is 5.57 Å². The molecule has 2 rings (SSSR count). The van der Waals surface area contributed by atoms with Crippen molar-refractivity contribution in [2.24, 2.45) is 5.41 Å². The summed E-state index contributed by atoms with van der Waals surface area (Å²) in [5.74, 6) is -0.365. The molecule has 24 heavy (non-hydrogen) atoms. The maximum atomic E-state index is 12.9. The van der Waals surface area contributed by atoms with Crippen molar-refractivity contribution in [1.82, 2.24) is 0 Å². The molecule has 0 aliphatic rings. The van der Waals surface area contributed by atoms with Gasteiger partial charge in [0.25, 0.3) is 0 Å². The van der Waals surface area contributed by atoms with Crippen molar-refractivity contribution in [2.45, 2.75) is 33.1 Å². The van der Waals surface area contributed by atoms with Crippen molar-refractivity contribution in [3.05, 3.63) is 78.4 Å². The fourth-order valence-electron chi connectivity index (χ4n) is 3.86. The fourth-order valence-corrected chi connectivity index (χ4v) is 3.86. The van der Waals surface area contributed by atoms with Crippen LogP contribution >= 0.6 is 0 Å². The summed E-state index contributed by atoms with van der Waals surface area (Å²) in [4.78, 5) is 25.7. The number of benzene rings is 2. The molecule has 0 bridgehead atoms. The first-order valence-electron chi connectivity index (χ1n) is 8.08. The summed E-state index contributed by atoms with van der Waals surface area (Å²) < 4.78 is 0. The molecular formula is C22H24O2. The SMILES string of the molecule is C=C(c1ccccc1)C(C(C)=O)(C(C)=O)C(C)(C)c1ccccc1. The molecule has 0 fully saturated rings. The Bertz CT molecular complexity index is 741. The average Bonchev–Trinajstić information content (AvgIpc) is 2.56. The molecule has 0 unspecified atom stereocenters. The van der Waals surface area contributed by atoms with Crippen LogP contribution in [0, 0.1) is 5.41 Å². The molecule has 2 heteroatoms. The van der Waals surface area contributed by atoms with Gasteiger partial charge in [-0.15, -0.1) is 0 Å². The Hall–Kier alpha value is -2.48. The molecule has 2 aromatic rings. The summed E-state index contributed by atoms with van der Waals surface area (Å²) in [5, 5.41) is 0. The average molecular weight is 320 g/mol. The zero-order valence-corrected chi connectivity index (χ0v) is 14.8. The molecule has 0 N–H and O–H groups in total. The first-order chi connectivity index (χ1) is 11.3. The molecule has 0 saturated carbocycles. The van der Waals surface area contributed by atoms with Crippen molar-refractivity contribution < 1.29 is 9.59 Å². The Kier molecular flexibility index (Phi) is 4.88. The number of Topliss-reactive ketones (excluding diaryl/α,β-unsaturated/α-hetero) is 2. The van der Waals surface area contributed by atoms with E-state index < -0.39 is 10.8 Å². The van der Waals surface area contributed by atoms with E-state index in [0.717, 1.165) is 11.1 Å². The Labute approximate surface area is 144 Å². The van der Waals surface area contributed by atoms with Gasteiger partial charge in [-0.3, -0.25) is 9.59 Å². The highest BCUT2D eigenvalue weighted by Gasteiger charge is 2.55. The zero-order valence-electron chi connectivity index (χ0n) is 14.8. The first-order valence-corrected chi connectivity index (χ1v) is 8.08. The Balaban J connectivity index is 2.76. The van der Waals surface area contributed by atoms with Crippen LogP contribution in [-0.2, 0) is 15.0 Å². The lowest BCUT2D eigenvalue weighted by molar-refractivity contribution is -0.138. The second-order valence-electron chi connectivity index (χ2n) is 6.70. The first kappa shape index (κ1) is 17.9. The highest BCUT2D eigenvalue weighted by molar-refractivity contribution is 6.17. The Morgan fingerprint density at radius 3 is 1.62 bits per heavy atom. The highest BCUT2D eigenvalue weighted by Crippen LogP contribution is 2.51. The molecule has 0 spiro atoms. The monoisotopic (exact) mass is 320 g/mol. The molecular weight excluding hydrogens is 296 g/mol. The van der Waals surface area contributed by atoms with Crippen LogP contribution in [0.15, 0.2) is 67.2 Å². The van der Waals surface area contributed by atoms with Crippen molar-refractivity contribution in [1.29, 1.82) is 0 Å². The van der Waals surface area contributed by atoms with Crippen molar-refractivity contribution in [3.8, 4) is 0 Å². The molecule has 0 amide bonds. The lowest BCUT2D eigenvalue weighted by atomic mass is 9.54. The molecule has 0 heterocycles. The van der Waals surface area contributed by atoms with Gasteiger partial charge in [0.15, 0.2) is 0 Å². The molecule has 0 aromatic heterocycles. The van der Waals surface area contributed by atoms with Crippen LogP contribution in [0.2, 0.25) is 0 Å². The number of hydrogen-bond acceptors (Lipinski definition) is 2. The number of carbonyl (C=O) groups is 2. The Morgan fingerprint density at radius 2 is 1.21 bits per heavy atom. The fraction of sp³-hybridized carbons (Fsp3) is 0.273. The van der Waals surface area contributed by atoms with E-state index in [1.54, 1.807) is 0 Å². The minimum absolute atomic E-state index is 0.183. The number of allylic oxidation sites excluding steroid dienone is 1. The van der Waals surface area contributed by atoms with Crippen molar-refractivity contribution in [2.75, 3.05) is 0 Å². The normalized spacial score (nSPS) is 11.8. The molecule has 0 atom stereocenters. The smallest absolute Gasteiger partial charge is 0.148 e. The van der Waals surface area contributed by atoms with Crippen LogP contribution in [0.1, 0.15) is 38.8 Å². The zero-order chi connectivity index (χ0) is 18.0. The second-order valence-corrected chi connectivity index (χ2v) is 6.70. The van der Waals surface area contributed by atoms with E-state index in [4.69, 9.17) is 0 Å². The summed E-state index contributed by atoms with van der Waals surface area (Å²) in [6.45, 7) is 11.1. The summed E-state index contributed by atoms with van der Waals surface area (Å²) in [7, 11) is 0. The van der Waals surface area contributed by atoms with E-state index in [1.165, 1.54) is 13.8 Å². The van der Waals surface area contributed by atoms with Crippen LogP contribution in [-0.4, -0.2) is 11.6 Å². The molecule has 0 saturated heterocycles. The summed E-state index contributed by atoms with van der Waals surface area (Å²) in [6, 6.07) is 19.2. The van der Waals surface area contributed by atoms with Gasteiger partial charge >= 0.3 is 0 Å². The third kappa shape index (κ3) is 2.62. The van der Waals surface area contributed by atoms with Gasteiger partial charge in [-0.1, -0.05) is 81.1 Å². The molecule has 2 aromatic carbocycles. The molecule has 0 aliphatic heterocycles. The van der Waals surface area contributed by atoms with Crippen LogP contribution < -0.4 is 0 Å².